The van der Waals surface area contributed by atoms with Gasteiger partial charge in [0.1, 0.15) is 18.3 Å². The molecule has 0 aliphatic carbocycles. The minimum Gasteiger partial charge on any atom is -0.361 e. The summed E-state index contributed by atoms with van der Waals surface area (Å²) in [6.45, 7) is 3.05. The van der Waals surface area contributed by atoms with Gasteiger partial charge in [-0.15, -0.1) is 0 Å². The molecule has 1 aliphatic heterocycles. The third-order valence-corrected chi connectivity index (χ3v) is 2.53. The number of imide groups is 1. The van der Waals surface area contributed by atoms with Gasteiger partial charge in [-0.05, 0) is 13.8 Å². The van der Waals surface area contributed by atoms with Gasteiger partial charge < -0.3 is 9.42 Å². The van der Waals surface area contributed by atoms with Gasteiger partial charge in [-0.25, -0.2) is 0 Å². The fourth-order valence-electron chi connectivity index (χ4n) is 1.58. The lowest BCUT2D eigenvalue weighted by Gasteiger charge is -2.30. The Kier molecular flexibility index (Phi) is 2.66. The molecule has 1 aromatic rings. The first-order valence-electron chi connectivity index (χ1n) is 5.07. The van der Waals surface area contributed by atoms with E-state index in [1.54, 1.807) is 13.8 Å². The topological polar surface area (TPSA) is 92.5 Å². The van der Waals surface area contributed by atoms with Crippen molar-refractivity contribution in [3.05, 3.63) is 17.5 Å². The highest BCUT2D eigenvalue weighted by atomic mass is 16.5. The van der Waals surface area contributed by atoms with Crippen LogP contribution >= 0.6 is 0 Å². The molecule has 7 nitrogen and oxygen atoms in total. The molecule has 2 heterocycles. The van der Waals surface area contributed by atoms with Crippen molar-refractivity contribution in [3.63, 3.8) is 0 Å². The highest BCUT2D eigenvalue weighted by Gasteiger charge is 2.34. The molecule has 1 aromatic heterocycles. The fourth-order valence-corrected chi connectivity index (χ4v) is 1.58. The normalized spacial score (nSPS) is 20.4. The first kappa shape index (κ1) is 11.3. The standard InChI is InChI=1S/C10H11N3O4/c1-5-3-7(12-17-5)10(16)13-4-8(14)11-9(15)6(13)2/h3,6H,4H2,1-2H3,(H,11,14,15). The second kappa shape index (κ2) is 4.00. The monoisotopic (exact) mass is 237 g/mol. The van der Waals surface area contributed by atoms with Crippen molar-refractivity contribution in [2.75, 3.05) is 6.54 Å². The van der Waals surface area contributed by atoms with Gasteiger partial charge in [-0.1, -0.05) is 5.16 Å². The molecule has 17 heavy (non-hydrogen) atoms. The zero-order chi connectivity index (χ0) is 12.6. The van der Waals surface area contributed by atoms with Gasteiger partial charge >= 0.3 is 0 Å². The Morgan fingerprint density at radius 1 is 1.59 bits per heavy atom. The van der Waals surface area contributed by atoms with E-state index in [9.17, 15) is 14.4 Å². The quantitative estimate of drug-likeness (QED) is 0.663. The lowest BCUT2D eigenvalue weighted by molar-refractivity contribution is -0.138. The van der Waals surface area contributed by atoms with Crippen molar-refractivity contribution in [2.45, 2.75) is 19.9 Å². The number of aryl methyl sites for hydroxylation is 1. The molecule has 1 saturated heterocycles. The van der Waals surface area contributed by atoms with Crippen molar-refractivity contribution < 1.29 is 18.9 Å². The summed E-state index contributed by atoms with van der Waals surface area (Å²) in [5.41, 5.74) is 0.0943. The van der Waals surface area contributed by atoms with Crippen LogP contribution in [-0.4, -0.2) is 40.4 Å². The maximum Gasteiger partial charge on any atom is 0.277 e. The zero-order valence-electron chi connectivity index (χ0n) is 9.39. The van der Waals surface area contributed by atoms with Crippen LogP contribution in [0.3, 0.4) is 0 Å². The SMILES string of the molecule is Cc1cc(C(=O)N2CC(=O)NC(=O)C2C)no1. The first-order chi connectivity index (χ1) is 7.99. The Balaban J connectivity index is 2.24. The number of aromatic nitrogens is 1. The summed E-state index contributed by atoms with van der Waals surface area (Å²) in [5, 5.41) is 5.72. The second-order valence-corrected chi connectivity index (χ2v) is 3.84. The van der Waals surface area contributed by atoms with E-state index < -0.39 is 23.8 Å². The van der Waals surface area contributed by atoms with Gasteiger partial charge in [0.25, 0.3) is 5.91 Å². The average Bonchev–Trinajstić information content (AvgIpc) is 2.69. The molecule has 1 fully saturated rings. The van der Waals surface area contributed by atoms with Crippen molar-refractivity contribution in [1.29, 1.82) is 0 Å². The van der Waals surface area contributed by atoms with E-state index in [0.29, 0.717) is 5.76 Å². The van der Waals surface area contributed by atoms with Gasteiger partial charge in [0.2, 0.25) is 11.8 Å². The molecule has 90 valence electrons. The molecular formula is C10H11N3O4. The van der Waals surface area contributed by atoms with Crippen LogP contribution < -0.4 is 5.32 Å². The van der Waals surface area contributed by atoms with Crippen LogP contribution in [0, 0.1) is 6.92 Å². The molecule has 1 N–H and O–H groups in total. The predicted molar refractivity (Wildman–Crippen MR) is 54.9 cm³/mol. The highest BCUT2D eigenvalue weighted by molar-refractivity contribution is 6.06. The van der Waals surface area contributed by atoms with Crippen LogP contribution in [0.1, 0.15) is 23.2 Å². The number of hydrogen-bond acceptors (Lipinski definition) is 5. The van der Waals surface area contributed by atoms with Crippen LogP contribution in [0.5, 0.6) is 0 Å². The third-order valence-electron chi connectivity index (χ3n) is 2.53. The van der Waals surface area contributed by atoms with Crippen LogP contribution in [-0.2, 0) is 9.59 Å². The maximum atomic E-state index is 12.0. The van der Waals surface area contributed by atoms with Crippen LogP contribution in [0.2, 0.25) is 0 Å². The summed E-state index contributed by atoms with van der Waals surface area (Å²) in [6.07, 6.45) is 0. The fraction of sp³-hybridized carbons (Fsp3) is 0.400. The summed E-state index contributed by atoms with van der Waals surface area (Å²) in [7, 11) is 0. The lowest BCUT2D eigenvalue weighted by atomic mass is 10.2. The van der Waals surface area contributed by atoms with Gasteiger partial charge in [0, 0.05) is 6.07 Å². The van der Waals surface area contributed by atoms with Gasteiger partial charge in [0.15, 0.2) is 5.69 Å². The zero-order valence-corrected chi connectivity index (χ0v) is 9.39. The third kappa shape index (κ3) is 2.03. The lowest BCUT2D eigenvalue weighted by Crippen LogP contribution is -2.58. The van der Waals surface area contributed by atoms with Gasteiger partial charge in [-0.3, -0.25) is 19.7 Å². The number of nitrogens with one attached hydrogen (secondary N) is 1. The molecule has 0 spiro atoms. The minimum atomic E-state index is -0.697. The van der Waals surface area contributed by atoms with E-state index in [4.69, 9.17) is 4.52 Å². The number of piperazine rings is 1. The number of rotatable bonds is 1. The van der Waals surface area contributed by atoms with Crippen LogP contribution in [0.15, 0.2) is 10.6 Å². The Morgan fingerprint density at radius 2 is 2.29 bits per heavy atom. The molecule has 7 heteroatoms. The van der Waals surface area contributed by atoms with E-state index in [2.05, 4.69) is 10.5 Å². The second-order valence-electron chi connectivity index (χ2n) is 3.84. The van der Waals surface area contributed by atoms with Crippen LogP contribution in [0.25, 0.3) is 0 Å². The summed E-state index contributed by atoms with van der Waals surface area (Å²) in [5.74, 6) is -0.983. The number of carbonyl (C=O) groups is 3. The Bertz CT molecular complexity index is 493. The summed E-state index contributed by atoms with van der Waals surface area (Å²) in [6, 6.07) is 0.767. The summed E-state index contributed by atoms with van der Waals surface area (Å²) >= 11 is 0. The smallest absolute Gasteiger partial charge is 0.277 e. The van der Waals surface area contributed by atoms with Gasteiger partial charge in [0.05, 0.1) is 0 Å². The number of hydrogen-bond donors (Lipinski definition) is 1. The number of amides is 3. The van der Waals surface area contributed by atoms with E-state index in [1.165, 1.54) is 11.0 Å². The van der Waals surface area contributed by atoms with Crippen molar-refractivity contribution in [1.82, 2.24) is 15.4 Å². The molecular weight excluding hydrogens is 226 g/mol. The van der Waals surface area contributed by atoms with E-state index >= 15 is 0 Å². The molecule has 1 aliphatic rings. The minimum absolute atomic E-state index is 0.0943. The molecule has 1 atom stereocenters. The average molecular weight is 237 g/mol. The molecule has 0 radical (unpaired) electrons. The molecule has 0 aromatic carbocycles. The van der Waals surface area contributed by atoms with E-state index in [0.717, 1.165) is 0 Å². The number of nitrogens with zero attached hydrogens (tertiary/aromatic N) is 2. The van der Waals surface area contributed by atoms with Crippen molar-refractivity contribution in [2.24, 2.45) is 0 Å². The van der Waals surface area contributed by atoms with Crippen LogP contribution in [0.4, 0.5) is 0 Å². The van der Waals surface area contributed by atoms with Gasteiger partial charge in [-0.2, -0.15) is 0 Å². The molecule has 0 saturated carbocycles. The maximum absolute atomic E-state index is 12.0. The Hall–Kier alpha value is -2.18. The molecule has 1 unspecified atom stereocenters. The first-order valence-corrected chi connectivity index (χ1v) is 5.07. The van der Waals surface area contributed by atoms with Crippen molar-refractivity contribution in [3.8, 4) is 0 Å². The largest absolute Gasteiger partial charge is 0.361 e. The Morgan fingerprint density at radius 3 is 2.88 bits per heavy atom. The predicted octanol–water partition coefficient (Wildman–Crippen LogP) is -0.530. The molecule has 2 rings (SSSR count). The highest BCUT2D eigenvalue weighted by Crippen LogP contribution is 2.11. The number of carbonyl (C=O) groups excluding carboxylic acids is 3. The Labute approximate surface area is 96.7 Å². The van der Waals surface area contributed by atoms with Crippen molar-refractivity contribution >= 4 is 17.7 Å². The summed E-state index contributed by atoms with van der Waals surface area (Å²) in [4.78, 5) is 35.7. The molecule has 3 amide bonds. The summed E-state index contributed by atoms with van der Waals surface area (Å²) < 4.78 is 4.78. The molecule has 0 bridgehead atoms. The van der Waals surface area contributed by atoms with E-state index in [1.807, 2.05) is 0 Å². The van der Waals surface area contributed by atoms with E-state index in [-0.39, 0.29) is 12.2 Å².